The summed E-state index contributed by atoms with van der Waals surface area (Å²) >= 11 is 5.24. The highest BCUT2D eigenvalue weighted by molar-refractivity contribution is 6.21. The van der Waals surface area contributed by atoms with Crippen molar-refractivity contribution in [2.75, 3.05) is 0 Å². The third-order valence-corrected chi connectivity index (χ3v) is 3.03. The number of hydrogen-bond acceptors (Lipinski definition) is 0. The minimum absolute atomic E-state index is 0.237. The van der Waals surface area contributed by atoms with Crippen molar-refractivity contribution >= 4 is 11.6 Å². The van der Waals surface area contributed by atoms with E-state index in [1.54, 1.807) is 0 Å². The second-order valence-electron chi connectivity index (χ2n) is 3.97. The zero-order valence-electron chi connectivity index (χ0n) is 9.57. The lowest BCUT2D eigenvalue weighted by Crippen LogP contribution is -2.40. The molecular formula is C12H12ClF5. The molecule has 102 valence electrons. The fourth-order valence-corrected chi connectivity index (χ4v) is 1.76. The molecule has 0 aliphatic carbocycles. The van der Waals surface area contributed by atoms with E-state index in [0.717, 1.165) is 18.4 Å². The van der Waals surface area contributed by atoms with Crippen LogP contribution in [0, 0.1) is 0 Å². The highest BCUT2D eigenvalue weighted by Gasteiger charge is 2.62. The normalized spacial score (nSPS) is 14.6. The first-order chi connectivity index (χ1) is 8.20. The average molecular weight is 287 g/mol. The summed E-state index contributed by atoms with van der Waals surface area (Å²) in [5.74, 6) is -4.94. The second-order valence-corrected chi connectivity index (χ2v) is 4.41. The maximum atomic E-state index is 13.0. The van der Waals surface area contributed by atoms with Crippen molar-refractivity contribution in [2.24, 2.45) is 0 Å². The van der Waals surface area contributed by atoms with Crippen molar-refractivity contribution in [2.45, 2.75) is 37.2 Å². The molecule has 18 heavy (non-hydrogen) atoms. The molecule has 0 saturated carbocycles. The number of halogens is 6. The van der Waals surface area contributed by atoms with Gasteiger partial charge in [0.05, 0.1) is 0 Å². The maximum Gasteiger partial charge on any atom is 0.455 e. The van der Waals surface area contributed by atoms with E-state index in [9.17, 15) is 22.0 Å². The largest absolute Gasteiger partial charge is 0.455 e. The fraction of sp³-hybridized carbons (Fsp3) is 0.500. The van der Waals surface area contributed by atoms with Gasteiger partial charge in [0.2, 0.25) is 0 Å². The van der Waals surface area contributed by atoms with Gasteiger partial charge in [-0.05, 0) is 17.5 Å². The summed E-state index contributed by atoms with van der Waals surface area (Å²) < 4.78 is 62.4. The number of rotatable bonds is 4. The van der Waals surface area contributed by atoms with Gasteiger partial charge in [0, 0.05) is 0 Å². The number of alkyl halides is 6. The standard InChI is InChI=1S/C12H12ClF5/c1-2-3-8-4-6-9(7-5-8)10(13)11(14,15)12(16,17)18/h4-7,10H,2-3H2,1H3. The van der Waals surface area contributed by atoms with Gasteiger partial charge in [-0.15, -0.1) is 11.6 Å². The van der Waals surface area contributed by atoms with E-state index in [1.807, 2.05) is 6.92 Å². The van der Waals surface area contributed by atoms with Gasteiger partial charge in [-0.3, -0.25) is 0 Å². The van der Waals surface area contributed by atoms with E-state index in [4.69, 9.17) is 11.6 Å². The molecule has 0 bridgehead atoms. The SMILES string of the molecule is CCCc1ccc(C(Cl)C(F)(F)C(F)(F)F)cc1. The van der Waals surface area contributed by atoms with Gasteiger partial charge in [-0.1, -0.05) is 37.6 Å². The smallest absolute Gasteiger partial charge is 0.194 e. The number of hydrogen-bond donors (Lipinski definition) is 0. The zero-order chi connectivity index (χ0) is 14.0. The zero-order valence-corrected chi connectivity index (χ0v) is 10.3. The van der Waals surface area contributed by atoms with Crippen LogP contribution in [0.25, 0.3) is 0 Å². The fourth-order valence-electron chi connectivity index (χ4n) is 1.49. The molecule has 0 aromatic heterocycles. The highest BCUT2D eigenvalue weighted by Crippen LogP contribution is 2.47. The second kappa shape index (κ2) is 5.43. The van der Waals surface area contributed by atoms with Crippen molar-refractivity contribution in [3.05, 3.63) is 35.4 Å². The van der Waals surface area contributed by atoms with Crippen LogP contribution in [0.1, 0.15) is 29.8 Å². The van der Waals surface area contributed by atoms with Crippen LogP contribution >= 0.6 is 11.6 Å². The Morgan fingerprint density at radius 2 is 1.56 bits per heavy atom. The summed E-state index contributed by atoms with van der Waals surface area (Å²) in [5, 5.41) is -2.41. The Kier molecular flexibility index (Phi) is 4.59. The van der Waals surface area contributed by atoms with Crippen LogP contribution in [0.3, 0.4) is 0 Å². The summed E-state index contributed by atoms with van der Waals surface area (Å²) in [6.45, 7) is 1.94. The van der Waals surface area contributed by atoms with Gasteiger partial charge < -0.3 is 0 Å². The van der Waals surface area contributed by atoms with Crippen molar-refractivity contribution < 1.29 is 22.0 Å². The first-order valence-corrected chi connectivity index (χ1v) is 5.81. The van der Waals surface area contributed by atoms with E-state index in [0.29, 0.717) is 0 Å². The van der Waals surface area contributed by atoms with Gasteiger partial charge >= 0.3 is 12.1 Å². The van der Waals surface area contributed by atoms with Crippen LogP contribution in [0.15, 0.2) is 24.3 Å². The van der Waals surface area contributed by atoms with Crippen molar-refractivity contribution in [3.63, 3.8) is 0 Å². The predicted octanol–water partition coefficient (Wildman–Crippen LogP) is 5.12. The molecule has 0 nitrogen and oxygen atoms in total. The van der Waals surface area contributed by atoms with Crippen molar-refractivity contribution in [1.82, 2.24) is 0 Å². The molecule has 0 aliphatic heterocycles. The Morgan fingerprint density at radius 1 is 1.06 bits per heavy atom. The van der Waals surface area contributed by atoms with Crippen LogP contribution in [0.2, 0.25) is 0 Å². The van der Waals surface area contributed by atoms with E-state index in [1.165, 1.54) is 24.3 Å². The topological polar surface area (TPSA) is 0 Å². The number of benzene rings is 1. The lowest BCUT2D eigenvalue weighted by Gasteiger charge is -2.24. The lowest BCUT2D eigenvalue weighted by molar-refractivity contribution is -0.283. The van der Waals surface area contributed by atoms with Crippen molar-refractivity contribution in [3.8, 4) is 0 Å². The first-order valence-electron chi connectivity index (χ1n) is 5.37. The third kappa shape index (κ3) is 3.13. The van der Waals surface area contributed by atoms with E-state index >= 15 is 0 Å². The molecule has 0 fully saturated rings. The van der Waals surface area contributed by atoms with Gasteiger partial charge in [-0.25, -0.2) is 0 Å². The summed E-state index contributed by atoms with van der Waals surface area (Å²) in [7, 11) is 0. The number of aryl methyl sites for hydroxylation is 1. The molecule has 1 atom stereocenters. The van der Waals surface area contributed by atoms with Crippen LogP contribution in [-0.2, 0) is 6.42 Å². The Morgan fingerprint density at radius 3 is 1.94 bits per heavy atom. The van der Waals surface area contributed by atoms with Gasteiger partial charge in [0.1, 0.15) is 5.38 Å². The lowest BCUT2D eigenvalue weighted by atomic mass is 10.0. The van der Waals surface area contributed by atoms with Crippen LogP contribution < -0.4 is 0 Å². The quantitative estimate of drug-likeness (QED) is 0.532. The minimum atomic E-state index is -5.65. The monoisotopic (exact) mass is 286 g/mol. The molecule has 0 heterocycles. The molecule has 0 spiro atoms. The Balaban J connectivity index is 2.94. The van der Waals surface area contributed by atoms with E-state index < -0.39 is 17.5 Å². The highest BCUT2D eigenvalue weighted by atomic mass is 35.5. The minimum Gasteiger partial charge on any atom is -0.194 e. The molecule has 0 aliphatic rings. The summed E-state index contributed by atoms with van der Waals surface area (Å²) in [6.07, 6.45) is -4.05. The van der Waals surface area contributed by atoms with Gasteiger partial charge in [0.25, 0.3) is 0 Å². The molecule has 1 rings (SSSR count). The maximum absolute atomic E-state index is 13.0. The van der Waals surface area contributed by atoms with Crippen LogP contribution in [0.5, 0.6) is 0 Å². The molecule has 1 aromatic carbocycles. The molecule has 0 saturated heterocycles. The summed E-state index contributed by atoms with van der Waals surface area (Å²) in [6, 6.07) is 5.45. The Bertz CT molecular complexity index is 382. The van der Waals surface area contributed by atoms with Crippen molar-refractivity contribution in [1.29, 1.82) is 0 Å². The third-order valence-electron chi connectivity index (χ3n) is 2.51. The summed E-state index contributed by atoms with van der Waals surface area (Å²) in [5.41, 5.74) is 0.638. The van der Waals surface area contributed by atoms with Gasteiger partial charge in [0.15, 0.2) is 0 Å². The molecule has 0 amide bonds. The first kappa shape index (κ1) is 15.2. The van der Waals surface area contributed by atoms with Crippen LogP contribution in [0.4, 0.5) is 22.0 Å². The average Bonchev–Trinajstić information content (AvgIpc) is 2.28. The summed E-state index contributed by atoms with van der Waals surface area (Å²) in [4.78, 5) is 0. The molecule has 1 unspecified atom stereocenters. The Labute approximate surface area is 107 Å². The molecule has 6 heteroatoms. The van der Waals surface area contributed by atoms with E-state index in [-0.39, 0.29) is 5.56 Å². The molecule has 0 radical (unpaired) electrons. The van der Waals surface area contributed by atoms with Crippen LogP contribution in [-0.4, -0.2) is 12.1 Å². The predicted molar refractivity (Wildman–Crippen MR) is 60.0 cm³/mol. The Hall–Kier alpha value is -0.840. The molecule has 1 aromatic rings. The molecular weight excluding hydrogens is 275 g/mol. The van der Waals surface area contributed by atoms with Gasteiger partial charge in [-0.2, -0.15) is 22.0 Å². The molecule has 0 N–H and O–H groups in total. The van der Waals surface area contributed by atoms with E-state index in [2.05, 4.69) is 0 Å².